The van der Waals surface area contributed by atoms with Crippen molar-refractivity contribution < 1.29 is 4.74 Å². The van der Waals surface area contributed by atoms with E-state index in [4.69, 9.17) is 4.74 Å². The lowest BCUT2D eigenvalue weighted by Crippen LogP contribution is -2.10. The Morgan fingerprint density at radius 2 is 2.10 bits per heavy atom. The number of rotatable bonds is 6. The first-order chi connectivity index (χ1) is 9.72. The van der Waals surface area contributed by atoms with Crippen LogP contribution in [0.4, 0.5) is 5.82 Å². The van der Waals surface area contributed by atoms with Crippen molar-refractivity contribution in [2.24, 2.45) is 0 Å². The van der Waals surface area contributed by atoms with Gasteiger partial charge in [-0.3, -0.25) is 0 Å². The summed E-state index contributed by atoms with van der Waals surface area (Å²) in [6.07, 6.45) is 1.75. The summed E-state index contributed by atoms with van der Waals surface area (Å²) in [5, 5.41) is 6.31. The van der Waals surface area contributed by atoms with Crippen molar-refractivity contribution in [2.45, 2.75) is 13.1 Å². The highest BCUT2D eigenvalue weighted by molar-refractivity contribution is 9.10. The maximum atomic E-state index is 5.35. The van der Waals surface area contributed by atoms with E-state index in [1.807, 2.05) is 31.3 Å². The van der Waals surface area contributed by atoms with Crippen LogP contribution < -0.4 is 15.4 Å². The molecule has 0 bridgehead atoms. The first-order valence-electron chi connectivity index (χ1n) is 6.25. The van der Waals surface area contributed by atoms with E-state index >= 15 is 0 Å². The Morgan fingerprint density at radius 1 is 1.25 bits per heavy atom. The lowest BCUT2D eigenvalue weighted by atomic mass is 10.2. The number of hydrogen-bond acceptors (Lipinski definition) is 5. The fourth-order valence-corrected chi connectivity index (χ4v) is 2.22. The smallest absolute Gasteiger partial charge is 0.144 e. The Bertz CT molecular complexity index is 577. The SMILES string of the molecule is CNCc1nccc(NCc2cc(Br)ccc2OC)n1. The van der Waals surface area contributed by atoms with Crippen molar-refractivity contribution in [1.82, 2.24) is 15.3 Å². The monoisotopic (exact) mass is 336 g/mol. The Kier molecular flexibility index (Phi) is 5.31. The standard InChI is InChI=1S/C14H17BrN4O/c1-16-9-14-17-6-5-13(19-14)18-8-10-7-11(15)3-4-12(10)20-2/h3-7,16H,8-9H2,1-2H3,(H,17,18,19). The van der Waals surface area contributed by atoms with Gasteiger partial charge in [0.15, 0.2) is 0 Å². The summed E-state index contributed by atoms with van der Waals surface area (Å²) in [4.78, 5) is 8.60. The molecule has 1 aromatic carbocycles. The minimum atomic E-state index is 0.638. The van der Waals surface area contributed by atoms with Crippen LogP contribution in [0.25, 0.3) is 0 Å². The van der Waals surface area contributed by atoms with Gasteiger partial charge in [-0.25, -0.2) is 9.97 Å². The van der Waals surface area contributed by atoms with Crippen LogP contribution in [0, 0.1) is 0 Å². The van der Waals surface area contributed by atoms with Gasteiger partial charge in [0.2, 0.25) is 0 Å². The summed E-state index contributed by atoms with van der Waals surface area (Å²) in [5.41, 5.74) is 1.07. The van der Waals surface area contributed by atoms with Gasteiger partial charge >= 0.3 is 0 Å². The van der Waals surface area contributed by atoms with E-state index in [9.17, 15) is 0 Å². The molecular formula is C14H17BrN4O. The molecule has 6 heteroatoms. The zero-order valence-electron chi connectivity index (χ0n) is 11.5. The molecule has 0 aliphatic rings. The molecule has 20 heavy (non-hydrogen) atoms. The van der Waals surface area contributed by atoms with Gasteiger partial charge in [0, 0.05) is 22.8 Å². The van der Waals surface area contributed by atoms with Crippen molar-refractivity contribution in [2.75, 3.05) is 19.5 Å². The molecule has 0 amide bonds. The Labute approximate surface area is 126 Å². The van der Waals surface area contributed by atoms with Crippen LogP contribution in [0.1, 0.15) is 11.4 Å². The maximum Gasteiger partial charge on any atom is 0.144 e. The number of halogens is 1. The Hall–Kier alpha value is -1.66. The number of nitrogens with one attached hydrogen (secondary N) is 2. The zero-order valence-corrected chi connectivity index (χ0v) is 13.1. The van der Waals surface area contributed by atoms with Crippen LogP contribution in [0.3, 0.4) is 0 Å². The molecule has 106 valence electrons. The summed E-state index contributed by atoms with van der Waals surface area (Å²) < 4.78 is 6.37. The average molecular weight is 337 g/mol. The van der Waals surface area contributed by atoms with Gasteiger partial charge in [0.25, 0.3) is 0 Å². The first kappa shape index (κ1) is 14.7. The highest BCUT2D eigenvalue weighted by Crippen LogP contribution is 2.23. The van der Waals surface area contributed by atoms with E-state index in [0.29, 0.717) is 13.1 Å². The Morgan fingerprint density at radius 3 is 2.85 bits per heavy atom. The van der Waals surface area contributed by atoms with Crippen LogP contribution in [0.2, 0.25) is 0 Å². The summed E-state index contributed by atoms with van der Waals surface area (Å²) in [7, 11) is 3.54. The predicted molar refractivity (Wildman–Crippen MR) is 82.8 cm³/mol. The summed E-state index contributed by atoms with van der Waals surface area (Å²) in [6.45, 7) is 1.29. The molecule has 0 fully saturated rings. The van der Waals surface area contributed by atoms with Crippen LogP contribution in [0.15, 0.2) is 34.9 Å². The fraction of sp³-hybridized carbons (Fsp3) is 0.286. The maximum absolute atomic E-state index is 5.35. The van der Waals surface area contributed by atoms with E-state index in [1.165, 1.54) is 0 Å². The molecular weight excluding hydrogens is 320 g/mol. The number of ether oxygens (including phenoxy) is 1. The molecule has 2 rings (SSSR count). The second-order valence-corrected chi connectivity index (χ2v) is 5.11. The van der Waals surface area contributed by atoms with Gasteiger partial charge in [0.1, 0.15) is 17.4 Å². The number of anilines is 1. The zero-order chi connectivity index (χ0) is 14.4. The molecule has 0 aliphatic carbocycles. The van der Waals surface area contributed by atoms with Crippen LogP contribution >= 0.6 is 15.9 Å². The van der Waals surface area contributed by atoms with Crippen molar-refractivity contribution in [3.05, 3.63) is 46.3 Å². The molecule has 0 saturated heterocycles. The normalized spacial score (nSPS) is 10.3. The van der Waals surface area contributed by atoms with Crippen LogP contribution in [-0.2, 0) is 13.1 Å². The second-order valence-electron chi connectivity index (χ2n) is 4.20. The minimum absolute atomic E-state index is 0.638. The molecule has 0 aliphatic heterocycles. The molecule has 5 nitrogen and oxygen atoms in total. The lowest BCUT2D eigenvalue weighted by Gasteiger charge is -2.11. The molecule has 0 spiro atoms. The molecule has 2 N–H and O–H groups in total. The number of nitrogens with zero attached hydrogens (tertiary/aromatic N) is 2. The van der Waals surface area contributed by atoms with Crippen molar-refractivity contribution >= 4 is 21.7 Å². The topological polar surface area (TPSA) is 59.1 Å². The third-order valence-corrected chi connectivity index (χ3v) is 3.24. The fourth-order valence-electron chi connectivity index (χ4n) is 1.81. The highest BCUT2D eigenvalue weighted by Gasteiger charge is 2.04. The van der Waals surface area contributed by atoms with Crippen molar-refractivity contribution in [1.29, 1.82) is 0 Å². The van der Waals surface area contributed by atoms with E-state index in [0.717, 1.165) is 27.4 Å². The van der Waals surface area contributed by atoms with Gasteiger partial charge < -0.3 is 15.4 Å². The minimum Gasteiger partial charge on any atom is -0.496 e. The molecule has 0 saturated carbocycles. The molecule has 1 heterocycles. The van der Waals surface area contributed by atoms with E-state index in [1.54, 1.807) is 13.3 Å². The second kappa shape index (κ2) is 7.21. The van der Waals surface area contributed by atoms with E-state index in [-0.39, 0.29) is 0 Å². The van der Waals surface area contributed by atoms with Crippen molar-refractivity contribution in [3.63, 3.8) is 0 Å². The molecule has 0 radical (unpaired) electrons. The molecule has 0 atom stereocenters. The van der Waals surface area contributed by atoms with Crippen molar-refractivity contribution in [3.8, 4) is 5.75 Å². The Balaban J connectivity index is 2.08. The van der Waals surface area contributed by atoms with Gasteiger partial charge in [0.05, 0.1) is 13.7 Å². The van der Waals surface area contributed by atoms with E-state index < -0.39 is 0 Å². The van der Waals surface area contributed by atoms with E-state index in [2.05, 4.69) is 36.5 Å². The van der Waals surface area contributed by atoms with Gasteiger partial charge in [-0.1, -0.05) is 15.9 Å². The summed E-state index contributed by atoms with van der Waals surface area (Å²) >= 11 is 3.47. The third kappa shape index (κ3) is 3.91. The predicted octanol–water partition coefficient (Wildman–Crippen LogP) is 2.58. The first-order valence-corrected chi connectivity index (χ1v) is 7.05. The third-order valence-electron chi connectivity index (χ3n) is 2.74. The van der Waals surface area contributed by atoms with Gasteiger partial charge in [-0.05, 0) is 31.3 Å². The molecule has 1 aromatic heterocycles. The quantitative estimate of drug-likeness (QED) is 0.849. The number of aromatic nitrogens is 2. The largest absolute Gasteiger partial charge is 0.496 e. The van der Waals surface area contributed by atoms with Crippen LogP contribution in [0.5, 0.6) is 5.75 Å². The summed E-state index contributed by atoms with van der Waals surface area (Å²) in [6, 6.07) is 7.77. The van der Waals surface area contributed by atoms with Gasteiger partial charge in [-0.15, -0.1) is 0 Å². The highest BCUT2D eigenvalue weighted by atomic mass is 79.9. The van der Waals surface area contributed by atoms with Gasteiger partial charge in [-0.2, -0.15) is 0 Å². The molecule has 0 unspecified atom stereocenters. The average Bonchev–Trinajstić information content (AvgIpc) is 2.46. The number of methoxy groups -OCH3 is 1. The number of hydrogen-bond donors (Lipinski definition) is 2. The van der Waals surface area contributed by atoms with Crippen LogP contribution in [-0.4, -0.2) is 24.1 Å². The summed E-state index contributed by atoms with van der Waals surface area (Å²) in [5.74, 6) is 2.41. The molecule has 2 aromatic rings. The lowest BCUT2D eigenvalue weighted by molar-refractivity contribution is 0.410. The number of benzene rings is 1.